The first-order valence-corrected chi connectivity index (χ1v) is 10.5. The second-order valence-corrected chi connectivity index (χ2v) is 7.91. The number of likely N-dealkylation sites (tertiary alicyclic amines) is 1. The maximum absolute atomic E-state index is 13.0. The van der Waals surface area contributed by atoms with E-state index in [0.29, 0.717) is 5.39 Å². The first-order valence-electron chi connectivity index (χ1n) is 10.5. The van der Waals surface area contributed by atoms with Crippen LogP contribution in [-0.4, -0.2) is 40.1 Å². The van der Waals surface area contributed by atoms with Crippen molar-refractivity contribution in [2.24, 2.45) is 0 Å². The standard InChI is InChI=1S/C24H27N3O3/c1-3-30-24(29)21-16-27(22-7-6-17(2)13-20(22)23(21)28)19-5-4-12-26(15-19)14-18-8-10-25-11-9-18/h6-11,13,16,19H,3-5,12,14-15H2,1-2H3. The van der Waals surface area contributed by atoms with Gasteiger partial charge in [-0.1, -0.05) is 11.6 Å². The molecule has 0 N–H and O–H groups in total. The summed E-state index contributed by atoms with van der Waals surface area (Å²) in [6.45, 7) is 6.70. The van der Waals surface area contributed by atoms with Gasteiger partial charge in [0.15, 0.2) is 0 Å². The van der Waals surface area contributed by atoms with Crippen molar-refractivity contribution in [3.05, 3.63) is 75.8 Å². The fraction of sp³-hybridized carbons (Fsp3) is 0.375. The number of fused-ring (bicyclic) bond motifs is 1. The Labute approximate surface area is 176 Å². The molecular formula is C24H27N3O3. The lowest BCUT2D eigenvalue weighted by atomic mass is 10.0. The molecule has 4 rings (SSSR count). The van der Waals surface area contributed by atoms with E-state index in [1.165, 1.54) is 5.56 Å². The highest BCUT2D eigenvalue weighted by Crippen LogP contribution is 2.27. The second-order valence-electron chi connectivity index (χ2n) is 7.91. The molecule has 0 saturated carbocycles. The SMILES string of the molecule is CCOC(=O)c1cn(C2CCCN(Cc3ccncc3)C2)c2ccc(C)cc2c1=O. The molecule has 1 aromatic carbocycles. The van der Waals surface area contributed by atoms with Gasteiger partial charge in [-0.2, -0.15) is 0 Å². The second kappa shape index (κ2) is 8.79. The number of rotatable bonds is 5. The molecule has 1 saturated heterocycles. The highest BCUT2D eigenvalue weighted by molar-refractivity contribution is 5.94. The normalized spacial score (nSPS) is 17.2. The first-order chi connectivity index (χ1) is 14.6. The summed E-state index contributed by atoms with van der Waals surface area (Å²) in [5.41, 5.74) is 2.96. The largest absolute Gasteiger partial charge is 0.462 e. The van der Waals surface area contributed by atoms with Crippen molar-refractivity contribution >= 4 is 16.9 Å². The fourth-order valence-corrected chi connectivity index (χ4v) is 4.27. The molecule has 2 aromatic heterocycles. The van der Waals surface area contributed by atoms with E-state index in [1.54, 1.807) is 13.1 Å². The topological polar surface area (TPSA) is 64.4 Å². The van der Waals surface area contributed by atoms with Crippen LogP contribution in [0, 0.1) is 6.92 Å². The number of aromatic nitrogens is 2. The van der Waals surface area contributed by atoms with E-state index in [9.17, 15) is 9.59 Å². The van der Waals surface area contributed by atoms with Crippen LogP contribution >= 0.6 is 0 Å². The molecule has 1 aliphatic rings. The van der Waals surface area contributed by atoms with Crippen LogP contribution in [0.2, 0.25) is 0 Å². The van der Waals surface area contributed by atoms with E-state index in [2.05, 4.69) is 14.5 Å². The minimum atomic E-state index is -0.552. The average Bonchev–Trinajstić information content (AvgIpc) is 2.75. The van der Waals surface area contributed by atoms with E-state index in [-0.39, 0.29) is 23.6 Å². The van der Waals surface area contributed by atoms with Gasteiger partial charge in [0.2, 0.25) is 5.43 Å². The summed E-state index contributed by atoms with van der Waals surface area (Å²) in [7, 11) is 0. The van der Waals surface area contributed by atoms with Gasteiger partial charge in [0, 0.05) is 43.1 Å². The summed E-state index contributed by atoms with van der Waals surface area (Å²) >= 11 is 0. The number of hydrogen-bond acceptors (Lipinski definition) is 5. The zero-order valence-corrected chi connectivity index (χ0v) is 17.5. The maximum Gasteiger partial charge on any atom is 0.343 e. The zero-order valence-electron chi connectivity index (χ0n) is 17.5. The van der Waals surface area contributed by atoms with E-state index in [0.717, 1.165) is 43.6 Å². The minimum Gasteiger partial charge on any atom is -0.462 e. The summed E-state index contributed by atoms with van der Waals surface area (Å²) in [6, 6.07) is 10.1. The Bertz CT molecular complexity index is 1110. The molecule has 0 aliphatic carbocycles. The highest BCUT2D eigenvalue weighted by atomic mass is 16.5. The van der Waals surface area contributed by atoms with Crippen molar-refractivity contribution in [1.29, 1.82) is 0 Å². The van der Waals surface area contributed by atoms with Gasteiger partial charge in [-0.15, -0.1) is 0 Å². The van der Waals surface area contributed by atoms with E-state index < -0.39 is 5.97 Å². The third kappa shape index (κ3) is 4.14. The Kier molecular flexibility index (Phi) is 5.95. The van der Waals surface area contributed by atoms with Gasteiger partial charge >= 0.3 is 5.97 Å². The lowest BCUT2D eigenvalue weighted by Gasteiger charge is -2.35. The average molecular weight is 405 g/mol. The molecule has 1 atom stereocenters. The summed E-state index contributed by atoms with van der Waals surface area (Å²) < 4.78 is 7.27. The third-order valence-electron chi connectivity index (χ3n) is 5.71. The first kappa shape index (κ1) is 20.3. The highest BCUT2D eigenvalue weighted by Gasteiger charge is 2.25. The van der Waals surface area contributed by atoms with E-state index >= 15 is 0 Å². The smallest absolute Gasteiger partial charge is 0.343 e. The Morgan fingerprint density at radius 3 is 2.80 bits per heavy atom. The zero-order chi connectivity index (χ0) is 21.1. The molecule has 0 radical (unpaired) electrons. The van der Waals surface area contributed by atoms with Crippen LogP contribution in [0.1, 0.15) is 47.3 Å². The molecular weight excluding hydrogens is 378 g/mol. The molecule has 0 amide bonds. The van der Waals surface area contributed by atoms with Crippen LogP contribution in [0.25, 0.3) is 10.9 Å². The number of piperidine rings is 1. The van der Waals surface area contributed by atoms with Gasteiger partial charge < -0.3 is 9.30 Å². The van der Waals surface area contributed by atoms with Gasteiger partial charge in [-0.3, -0.25) is 14.7 Å². The van der Waals surface area contributed by atoms with Crippen LogP contribution < -0.4 is 5.43 Å². The summed E-state index contributed by atoms with van der Waals surface area (Å²) in [5.74, 6) is -0.552. The lowest BCUT2D eigenvalue weighted by molar-refractivity contribution is 0.0523. The summed E-state index contributed by atoms with van der Waals surface area (Å²) in [4.78, 5) is 32.0. The predicted molar refractivity (Wildman–Crippen MR) is 117 cm³/mol. The molecule has 1 unspecified atom stereocenters. The van der Waals surface area contributed by atoms with Gasteiger partial charge in [-0.25, -0.2) is 4.79 Å². The van der Waals surface area contributed by atoms with E-state index in [1.807, 2.05) is 49.6 Å². The van der Waals surface area contributed by atoms with Crippen LogP contribution in [-0.2, 0) is 11.3 Å². The number of carbonyl (C=O) groups excluding carboxylic acids is 1. The predicted octanol–water partition coefficient (Wildman–Crippen LogP) is 3.72. The van der Waals surface area contributed by atoms with Crippen LogP contribution in [0.4, 0.5) is 0 Å². The quantitative estimate of drug-likeness (QED) is 0.606. The van der Waals surface area contributed by atoms with Crippen molar-refractivity contribution in [2.45, 2.75) is 39.3 Å². The molecule has 1 aliphatic heterocycles. The molecule has 1 fully saturated rings. The molecule has 3 aromatic rings. The third-order valence-corrected chi connectivity index (χ3v) is 5.71. The number of aryl methyl sites for hydroxylation is 1. The van der Waals surface area contributed by atoms with Gasteiger partial charge in [0.05, 0.1) is 12.1 Å². The molecule has 156 valence electrons. The van der Waals surface area contributed by atoms with Crippen molar-refractivity contribution in [1.82, 2.24) is 14.5 Å². The van der Waals surface area contributed by atoms with Crippen LogP contribution in [0.5, 0.6) is 0 Å². The molecule has 6 nitrogen and oxygen atoms in total. The number of esters is 1. The minimum absolute atomic E-state index is 0.112. The Morgan fingerprint density at radius 1 is 1.23 bits per heavy atom. The Hall–Kier alpha value is -2.99. The number of nitrogens with zero attached hydrogens (tertiary/aromatic N) is 3. The molecule has 3 heterocycles. The number of ether oxygens (including phenoxy) is 1. The molecule has 0 bridgehead atoms. The summed E-state index contributed by atoms with van der Waals surface area (Å²) in [5, 5.41) is 0.576. The van der Waals surface area contributed by atoms with E-state index in [4.69, 9.17) is 4.74 Å². The monoisotopic (exact) mass is 405 g/mol. The van der Waals surface area contributed by atoms with Gasteiger partial charge in [-0.05, 0) is 63.1 Å². The van der Waals surface area contributed by atoms with Crippen molar-refractivity contribution in [2.75, 3.05) is 19.7 Å². The Balaban J connectivity index is 1.72. The van der Waals surface area contributed by atoms with Gasteiger partial charge in [0.25, 0.3) is 0 Å². The Morgan fingerprint density at radius 2 is 2.03 bits per heavy atom. The molecule has 0 spiro atoms. The summed E-state index contributed by atoms with van der Waals surface area (Å²) in [6.07, 6.45) is 7.41. The number of pyridine rings is 2. The van der Waals surface area contributed by atoms with Crippen LogP contribution in [0.15, 0.2) is 53.7 Å². The number of hydrogen-bond donors (Lipinski definition) is 0. The molecule has 6 heteroatoms. The molecule has 30 heavy (non-hydrogen) atoms. The maximum atomic E-state index is 13.0. The van der Waals surface area contributed by atoms with Crippen molar-refractivity contribution < 1.29 is 9.53 Å². The number of benzene rings is 1. The van der Waals surface area contributed by atoms with Crippen molar-refractivity contribution in [3.8, 4) is 0 Å². The van der Waals surface area contributed by atoms with Crippen molar-refractivity contribution in [3.63, 3.8) is 0 Å². The van der Waals surface area contributed by atoms with Gasteiger partial charge in [0.1, 0.15) is 5.56 Å². The number of carbonyl (C=O) groups is 1. The van der Waals surface area contributed by atoms with Crippen LogP contribution in [0.3, 0.4) is 0 Å². The fourth-order valence-electron chi connectivity index (χ4n) is 4.27. The lowest BCUT2D eigenvalue weighted by Crippen LogP contribution is -2.37.